The molecule has 1 aromatic carbocycles. The molecule has 1 aromatic rings. The van der Waals surface area contributed by atoms with Gasteiger partial charge in [0.05, 0.1) is 0 Å². The van der Waals surface area contributed by atoms with Crippen LogP contribution < -0.4 is 4.89 Å². The second-order valence-electron chi connectivity index (χ2n) is 4.90. The Bertz CT molecular complexity index is 444. The highest BCUT2D eigenvalue weighted by atomic mass is 31.2. The monoisotopic (exact) mass is 260 g/mol. The van der Waals surface area contributed by atoms with E-state index >= 15 is 0 Å². The largest absolute Gasteiger partial charge is 0.505 e. The lowest BCUT2D eigenvalue weighted by Crippen LogP contribution is -2.13. The third-order valence-corrected chi connectivity index (χ3v) is 2.44. The Balaban J connectivity index is 3.03. The minimum atomic E-state index is -4.64. The lowest BCUT2D eigenvalue weighted by Gasteiger charge is -2.22. The molecule has 0 fully saturated rings. The van der Waals surface area contributed by atoms with Gasteiger partial charge in [-0.05, 0) is 18.4 Å². The molecule has 5 nitrogen and oxygen atoms in total. The molecule has 0 aliphatic heterocycles. The summed E-state index contributed by atoms with van der Waals surface area (Å²) < 4.78 is 14.6. The summed E-state index contributed by atoms with van der Waals surface area (Å²) in [5, 5.41) is 0. The molecule has 0 atom stereocenters. The third-order valence-electron chi connectivity index (χ3n) is 2.17. The van der Waals surface area contributed by atoms with E-state index in [-0.39, 0.29) is 5.41 Å². The number of hydrogen-bond donors (Lipinski definition) is 2. The Kier molecular flexibility index (Phi) is 3.99. The molecule has 0 heterocycles. The van der Waals surface area contributed by atoms with Crippen LogP contribution in [0.3, 0.4) is 0 Å². The first-order valence-corrected chi connectivity index (χ1v) is 6.65. The number of aryl methyl sites for hydroxylation is 1. The van der Waals surface area contributed by atoms with E-state index < -0.39 is 7.82 Å². The van der Waals surface area contributed by atoms with Crippen LogP contribution in [0.1, 0.15) is 31.9 Å². The van der Waals surface area contributed by atoms with E-state index in [1.54, 1.807) is 12.1 Å². The van der Waals surface area contributed by atoms with Crippen molar-refractivity contribution in [3.05, 3.63) is 29.3 Å². The highest BCUT2D eigenvalue weighted by Gasteiger charge is 2.22. The van der Waals surface area contributed by atoms with Gasteiger partial charge in [-0.2, -0.15) is 0 Å². The van der Waals surface area contributed by atoms with Crippen molar-refractivity contribution in [1.29, 1.82) is 0 Å². The van der Waals surface area contributed by atoms with E-state index in [4.69, 9.17) is 14.7 Å². The van der Waals surface area contributed by atoms with Gasteiger partial charge in [0.25, 0.3) is 0 Å². The predicted molar refractivity (Wildman–Crippen MR) is 63.6 cm³/mol. The van der Waals surface area contributed by atoms with Gasteiger partial charge >= 0.3 is 7.82 Å². The average Bonchev–Trinajstić information content (AvgIpc) is 2.13. The maximum Gasteiger partial charge on any atom is 0.505 e. The minimum absolute atomic E-state index is 0.209. The molecule has 0 radical (unpaired) electrons. The summed E-state index contributed by atoms with van der Waals surface area (Å²) in [5.41, 5.74) is 1.66. The van der Waals surface area contributed by atoms with Crippen molar-refractivity contribution in [3.63, 3.8) is 0 Å². The molecule has 0 aliphatic carbocycles. The van der Waals surface area contributed by atoms with Crippen LogP contribution in [0, 0.1) is 6.92 Å². The van der Waals surface area contributed by atoms with Gasteiger partial charge in [0.15, 0.2) is 5.75 Å². The Labute approximate surface area is 101 Å². The molecule has 0 saturated carbocycles. The van der Waals surface area contributed by atoms with Crippen molar-refractivity contribution in [3.8, 4) is 5.75 Å². The van der Waals surface area contributed by atoms with Crippen LogP contribution in [0.2, 0.25) is 0 Å². The van der Waals surface area contributed by atoms with E-state index in [9.17, 15) is 4.57 Å². The van der Waals surface area contributed by atoms with Crippen molar-refractivity contribution in [2.75, 3.05) is 0 Å². The maximum absolute atomic E-state index is 10.6. The van der Waals surface area contributed by atoms with Crippen LogP contribution in [0.4, 0.5) is 0 Å². The number of phosphoric acid groups is 1. The molecule has 0 aromatic heterocycles. The van der Waals surface area contributed by atoms with Gasteiger partial charge in [-0.3, -0.25) is 0 Å². The van der Waals surface area contributed by atoms with E-state index in [2.05, 4.69) is 4.67 Å². The summed E-state index contributed by atoms with van der Waals surface area (Å²) in [4.78, 5) is 21.9. The third kappa shape index (κ3) is 4.48. The maximum atomic E-state index is 10.6. The van der Waals surface area contributed by atoms with Gasteiger partial charge in [0, 0.05) is 5.56 Å². The Morgan fingerprint density at radius 3 is 2.29 bits per heavy atom. The number of rotatable bonds is 3. The number of hydrogen-bond acceptors (Lipinski definition) is 3. The van der Waals surface area contributed by atoms with Gasteiger partial charge in [-0.1, -0.05) is 43.1 Å². The highest BCUT2D eigenvalue weighted by Crippen LogP contribution is 2.39. The first-order chi connectivity index (χ1) is 7.59. The molecule has 17 heavy (non-hydrogen) atoms. The second-order valence-corrected chi connectivity index (χ2v) is 6.03. The molecule has 2 N–H and O–H groups in total. The lowest BCUT2D eigenvalue weighted by atomic mass is 9.85. The van der Waals surface area contributed by atoms with Gasteiger partial charge in [-0.25, -0.2) is 4.57 Å². The average molecular weight is 260 g/mol. The van der Waals surface area contributed by atoms with E-state index in [1.807, 2.05) is 33.8 Å². The molecule has 0 unspecified atom stereocenters. The van der Waals surface area contributed by atoms with Gasteiger partial charge in [-0.15, -0.1) is 0 Å². The molecular formula is C11H17O5P. The normalized spacial score (nSPS) is 12.6. The summed E-state index contributed by atoms with van der Waals surface area (Å²) in [7, 11) is -4.64. The second kappa shape index (κ2) is 4.78. The van der Waals surface area contributed by atoms with Crippen LogP contribution >= 0.6 is 7.82 Å². The molecule has 0 bridgehead atoms. The summed E-state index contributed by atoms with van der Waals surface area (Å²) in [6.45, 7) is 7.87. The van der Waals surface area contributed by atoms with E-state index in [0.29, 0.717) is 5.75 Å². The molecule has 6 heteroatoms. The van der Waals surface area contributed by atoms with Crippen molar-refractivity contribution >= 4 is 7.82 Å². The molecule has 1 rings (SSSR count). The van der Waals surface area contributed by atoms with Crippen LogP contribution in [0.15, 0.2) is 18.2 Å². The summed E-state index contributed by atoms with van der Waals surface area (Å²) in [6.07, 6.45) is 0. The topological polar surface area (TPSA) is 76.0 Å². The first kappa shape index (κ1) is 14.2. The first-order valence-electron chi connectivity index (χ1n) is 5.12. The van der Waals surface area contributed by atoms with Gasteiger partial charge < -0.3 is 14.7 Å². The molecular weight excluding hydrogens is 243 g/mol. The minimum Gasteiger partial charge on any atom is -0.327 e. The van der Waals surface area contributed by atoms with Crippen molar-refractivity contribution in [2.45, 2.75) is 33.1 Å². The van der Waals surface area contributed by atoms with Crippen LogP contribution in [0.25, 0.3) is 0 Å². The quantitative estimate of drug-likeness (QED) is 0.496. The Morgan fingerprint density at radius 1 is 1.24 bits per heavy atom. The lowest BCUT2D eigenvalue weighted by molar-refractivity contribution is -0.123. The fourth-order valence-corrected chi connectivity index (χ4v) is 1.57. The van der Waals surface area contributed by atoms with Crippen LogP contribution in [-0.2, 0) is 14.7 Å². The number of benzene rings is 1. The predicted octanol–water partition coefficient (Wildman–Crippen LogP) is 2.70. The summed E-state index contributed by atoms with van der Waals surface area (Å²) >= 11 is 0. The summed E-state index contributed by atoms with van der Waals surface area (Å²) in [6, 6.07) is 5.32. The van der Waals surface area contributed by atoms with E-state index in [1.165, 1.54) is 0 Å². The zero-order valence-electron chi connectivity index (χ0n) is 10.3. The SMILES string of the molecule is Cc1ccc(OOP(=O)(O)O)c(C(C)(C)C)c1. The van der Waals surface area contributed by atoms with Crippen LogP contribution in [-0.4, -0.2) is 9.79 Å². The van der Waals surface area contributed by atoms with Gasteiger partial charge in [0.2, 0.25) is 0 Å². The van der Waals surface area contributed by atoms with E-state index in [0.717, 1.165) is 11.1 Å². The van der Waals surface area contributed by atoms with Crippen molar-refractivity contribution in [2.24, 2.45) is 0 Å². The molecule has 0 amide bonds. The standard InChI is InChI=1S/C11H17O5P/c1-8-5-6-10(15-16-17(12,13)14)9(7-8)11(2,3)4/h5-7H,1-4H3,(H2,12,13,14). The van der Waals surface area contributed by atoms with Crippen molar-refractivity contribution < 1.29 is 23.9 Å². The molecule has 0 aliphatic rings. The Morgan fingerprint density at radius 2 is 1.82 bits per heavy atom. The summed E-state index contributed by atoms with van der Waals surface area (Å²) in [5.74, 6) is 0.312. The van der Waals surface area contributed by atoms with Crippen LogP contribution in [0.5, 0.6) is 5.75 Å². The molecule has 0 spiro atoms. The molecule has 96 valence electrons. The zero-order chi connectivity index (χ0) is 13.3. The fraction of sp³-hybridized carbons (Fsp3) is 0.455. The smallest absolute Gasteiger partial charge is 0.327 e. The fourth-order valence-electron chi connectivity index (χ4n) is 1.39. The van der Waals surface area contributed by atoms with Gasteiger partial charge in [0.1, 0.15) is 0 Å². The molecule has 0 saturated heterocycles. The Hall–Kier alpha value is -0.870. The van der Waals surface area contributed by atoms with Crippen molar-refractivity contribution in [1.82, 2.24) is 0 Å². The highest BCUT2D eigenvalue weighted by molar-refractivity contribution is 7.46. The zero-order valence-corrected chi connectivity index (χ0v) is 11.2.